The summed E-state index contributed by atoms with van der Waals surface area (Å²) in [6, 6.07) is 6.70. The van der Waals surface area contributed by atoms with Gasteiger partial charge in [0.2, 0.25) is 0 Å². The van der Waals surface area contributed by atoms with Crippen LogP contribution in [0.4, 0.5) is 11.4 Å². The zero-order valence-corrected chi connectivity index (χ0v) is 15.6. The topological polar surface area (TPSA) is 24.8 Å². The fourth-order valence-corrected chi connectivity index (χ4v) is 5.59. The minimum Gasteiger partial charge on any atom is -0.378 e. The largest absolute Gasteiger partial charge is 0.378 e. The molecule has 1 aromatic rings. The zero-order valence-electron chi connectivity index (χ0n) is 14.8. The van der Waals surface area contributed by atoms with Crippen molar-refractivity contribution < 1.29 is 4.74 Å². The highest BCUT2D eigenvalue weighted by atomic mass is 32.3. The van der Waals surface area contributed by atoms with E-state index in [1.165, 1.54) is 15.5 Å². The van der Waals surface area contributed by atoms with Gasteiger partial charge in [-0.15, -0.1) is 0 Å². The fourth-order valence-electron chi connectivity index (χ4n) is 3.23. The summed E-state index contributed by atoms with van der Waals surface area (Å²) >= 11 is 0. The second-order valence-electron chi connectivity index (χ2n) is 6.34. The van der Waals surface area contributed by atoms with Crippen LogP contribution in [-0.4, -0.2) is 44.5 Å². The van der Waals surface area contributed by atoms with Crippen molar-refractivity contribution in [3.63, 3.8) is 0 Å². The molecule has 0 amide bonds. The summed E-state index contributed by atoms with van der Waals surface area (Å²) in [5.74, 6) is 0. The van der Waals surface area contributed by atoms with Crippen LogP contribution < -0.4 is 4.90 Å². The van der Waals surface area contributed by atoms with E-state index in [0.29, 0.717) is 0 Å². The summed E-state index contributed by atoms with van der Waals surface area (Å²) in [6.07, 6.45) is 12.9. The minimum atomic E-state index is -1.13. The molecule has 0 N–H and O–H groups in total. The van der Waals surface area contributed by atoms with Crippen molar-refractivity contribution >= 4 is 27.1 Å². The number of allylic oxidation sites excluding steroid dienone is 5. The average molecular weight is 343 g/mol. The number of hydrogen-bond acceptors (Lipinski definition) is 3. The molecular formula is C20H26N2OS. The first-order valence-corrected chi connectivity index (χ1v) is 10.8. The number of nitrogens with zero attached hydrogens (tertiary/aromatic N) is 2. The van der Waals surface area contributed by atoms with Gasteiger partial charge in [0.05, 0.1) is 24.6 Å². The van der Waals surface area contributed by atoms with Gasteiger partial charge in [0, 0.05) is 28.6 Å². The van der Waals surface area contributed by atoms with Gasteiger partial charge in [-0.3, -0.25) is 0 Å². The maximum atomic E-state index is 5.48. The molecular weight excluding hydrogens is 316 g/mol. The highest BCUT2D eigenvalue weighted by Gasteiger charge is 2.30. The smallest absolute Gasteiger partial charge is 0.0762 e. The maximum absolute atomic E-state index is 5.48. The van der Waals surface area contributed by atoms with Crippen molar-refractivity contribution in [1.29, 1.82) is 0 Å². The van der Waals surface area contributed by atoms with E-state index >= 15 is 0 Å². The molecule has 0 aliphatic carbocycles. The Morgan fingerprint density at radius 3 is 2.67 bits per heavy atom. The van der Waals surface area contributed by atoms with Gasteiger partial charge in [-0.25, -0.2) is 4.99 Å². The molecule has 2 aliphatic rings. The molecule has 0 saturated carbocycles. The Hall–Kier alpha value is -1.78. The van der Waals surface area contributed by atoms with Crippen LogP contribution in [0.25, 0.3) is 0 Å². The van der Waals surface area contributed by atoms with Gasteiger partial charge < -0.3 is 9.64 Å². The predicted octanol–water partition coefficient (Wildman–Crippen LogP) is 4.68. The van der Waals surface area contributed by atoms with E-state index in [-0.39, 0.29) is 0 Å². The Morgan fingerprint density at radius 2 is 2.00 bits per heavy atom. The lowest BCUT2D eigenvalue weighted by molar-refractivity contribution is 0.122. The Balaban J connectivity index is 2.10. The van der Waals surface area contributed by atoms with Crippen LogP contribution in [0, 0.1) is 0 Å². The molecule has 0 aromatic heterocycles. The molecule has 4 heteroatoms. The van der Waals surface area contributed by atoms with Gasteiger partial charge in [-0.05, 0) is 49.8 Å². The third-order valence-electron chi connectivity index (χ3n) is 4.51. The molecule has 0 radical (unpaired) electrons. The van der Waals surface area contributed by atoms with Crippen molar-refractivity contribution in [3.05, 3.63) is 54.0 Å². The van der Waals surface area contributed by atoms with E-state index in [9.17, 15) is 0 Å². The lowest BCUT2D eigenvalue weighted by atomic mass is 10.2. The van der Waals surface area contributed by atoms with E-state index < -0.39 is 10.0 Å². The minimum absolute atomic E-state index is 0.804. The number of anilines is 1. The zero-order chi connectivity index (χ0) is 17.2. The Morgan fingerprint density at radius 1 is 1.25 bits per heavy atom. The lowest BCUT2D eigenvalue weighted by Crippen LogP contribution is -2.36. The quantitative estimate of drug-likeness (QED) is 0.797. The van der Waals surface area contributed by atoms with Crippen LogP contribution in [0.2, 0.25) is 0 Å². The van der Waals surface area contributed by atoms with Gasteiger partial charge in [-0.1, -0.05) is 18.7 Å². The van der Waals surface area contributed by atoms with Crippen molar-refractivity contribution in [2.75, 3.05) is 43.7 Å². The van der Waals surface area contributed by atoms with Crippen molar-refractivity contribution in [1.82, 2.24) is 0 Å². The highest BCUT2D eigenvalue weighted by Crippen LogP contribution is 2.63. The number of benzene rings is 1. The standard InChI is InChI=1S/C20H26N2OS/c1-5-7-17-19(8-6-2)24(3,4)20-15-16(9-10-18(20)21-17)22-11-13-23-14-12-22/h5-10,15H,2,11-14H2,1,3-4H3/b7-5-,19-8+. The fraction of sp³-hybridized carbons (Fsp3) is 0.350. The SMILES string of the molecule is C=C/C=C1\C(/C=C\C)=Nc2ccc(N3CCOCC3)cc2S1(C)C. The van der Waals surface area contributed by atoms with Crippen LogP contribution in [-0.2, 0) is 4.74 Å². The number of fused-ring (bicyclic) bond motifs is 1. The molecule has 0 atom stereocenters. The van der Waals surface area contributed by atoms with Crippen LogP contribution in [0.5, 0.6) is 0 Å². The van der Waals surface area contributed by atoms with Gasteiger partial charge in [0.25, 0.3) is 0 Å². The Labute approximate surface area is 146 Å². The summed E-state index contributed by atoms with van der Waals surface area (Å²) in [7, 11) is -1.13. The van der Waals surface area contributed by atoms with E-state index in [1.54, 1.807) is 0 Å². The normalized spacial score (nSPS) is 23.0. The van der Waals surface area contributed by atoms with Gasteiger partial charge in [0.1, 0.15) is 0 Å². The number of rotatable bonds is 3. The summed E-state index contributed by atoms with van der Waals surface area (Å²) in [6.45, 7) is 9.45. The molecule has 0 bridgehead atoms. The summed E-state index contributed by atoms with van der Waals surface area (Å²) < 4.78 is 5.48. The van der Waals surface area contributed by atoms with Crippen molar-refractivity contribution in [3.8, 4) is 0 Å². The number of hydrogen-bond donors (Lipinski definition) is 0. The van der Waals surface area contributed by atoms with Crippen LogP contribution >= 0.6 is 10.0 Å². The van der Waals surface area contributed by atoms with Crippen LogP contribution in [0.3, 0.4) is 0 Å². The maximum Gasteiger partial charge on any atom is 0.0762 e. The predicted molar refractivity (Wildman–Crippen MR) is 107 cm³/mol. The second-order valence-corrected chi connectivity index (χ2v) is 9.88. The van der Waals surface area contributed by atoms with E-state index in [1.807, 2.05) is 13.0 Å². The van der Waals surface area contributed by atoms with Crippen molar-refractivity contribution in [2.24, 2.45) is 4.99 Å². The number of aliphatic imine (C=N–C) groups is 1. The molecule has 1 saturated heterocycles. The van der Waals surface area contributed by atoms with Crippen LogP contribution in [0.1, 0.15) is 6.92 Å². The van der Waals surface area contributed by atoms with Gasteiger partial charge >= 0.3 is 0 Å². The lowest BCUT2D eigenvalue weighted by Gasteiger charge is -2.40. The molecule has 2 heterocycles. The number of ether oxygens (including phenoxy) is 1. The first-order valence-electron chi connectivity index (χ1n) is 8.32. The third kappa shape index (κ3) is 3.08. The molecule has 2 aliphatic heterocycles. The van der Waals surface area contributed by atoms with E-state index in [2.05, 4.69) is 60.4 Å². The Kier molecular flexibility index (Phi) is 4.97. The molecule has 3 rings (SSSR count). The first-order chi connectivity index (χ1) is 11.6. The van der Waals surface area contributed by atoms with Gasteiger partial charge in [-0.2, -0.15) is 10.0 Å². The molecule has 24 heavy (non-hydrogen) atoms. The molecule has 1 aromatic carbocycles. The molecule has 3 nitrogen and oxygen atoms in total. The van der Waals surface area contributed by atoms with Gasteiger partial charge in [0.15, 0.2) is 0 Å². The highest BCUT2D eigenvalue weighted by molar-refractivity contribution is 8.36. The second kappa shape index (κ2) is 6.99. The number of morpholine rings is 1. The van der Waals surface area contributed by atoms with Crippen LogP contribution in [0.15, 0.2) is 63.9 Å². The summed E-state index contributed by atoms with van der Waals surface area (Å²) in [4.78, 5) is 9.96. The average Bonchev–Trinajstić information content (AvgIpc) is 2.59. The Bertz CT molecular complexity index is 725. The molecule has 1 fully saturated rings. The molecule has 0 unspecified atom stereocenters. The summed E-state index contributed by atoms with van der Waals surface area (Å²) in [5.41, 5.74) is 3.44. The monoisotopic (exact) mass is 342 g/mol. The van der Waals surface area contributed by atoms with Crippen molar-refractivity contribution in [2.45, 2.75) is 11.8 Å². The summed E-state index contributed by atoms with van der Waals surface area (Å²) in [5, 5.41) is 0. The van der Waals surface area contributed by atoms with E-state index in [0.717, 1.165) is 37.7 Å². The van der Waals surface area contributed by atoms with E-state index in [4.69, 9.17) is 9.73 Å². The molecule has 0 spiro atoms. The molecule has 128 valence electrons. The first kappa shape index (κ1) is 17.1. The third-order valence-corrected chi connectivity index (χ3v) is 7.38.